The minimum atomic E-state index is -0.212. The summed E-state index contributed by atoms with van der Waals surface area (Å²) < 4.78 is 0. The van der Waals surface area contributed by atoms with Crippen LogP contribution in [0, 0.1) is 11.8 Å². The van der Waals surface area contributed by atoms with Crippen LogP contribution in [0.4, 0.5) is 0 Å². The van der Waals surface area contributed by atoms with Crippen molar-refractivity contribution in [3.8, 4) is 0 Å². The molecule has 1 amide bonds. The van der Waals surface area contributed by atoms with Crippen LogP contribution in [0.1, 0.15) is 45.4 Å². The lowest BCUT2D eigenvalue weighted by atomic mass is 9.95. The summed E-state index contributed by atoms with van der Waals surface area (Å²) in [5, 5.41) is 9.62. The second-order valence-electron chi connectivity index (χ2n) is 5.53. The van der Waals surface area contributed by atoms with Gasteiger partial charge in [0.15, 0.2) is 0 Å². The number of carbonyl (C=O) groups excluding carboxylic acids is 1. The third kappa shape index (κ3) is 2.76. The first-order valence-electron chi connectivity index (χ1n) is 6.62. The SMILES string of the molecule is CC1CN(C(=O)CC2CCCC2)CCC1O. The van der Waals surface area contributed by atoms with Gasteiger partial charge in [0, 0.05) is 19.5 Å². The quantitative estimate of drug-likeness (QED) is 0.778. The highest BCUT2D eigenvalue weighted by Crippen LogP contribution is 2.28. The van der Waals surface area contributed by atoms with Gasteiger partial charge >= 0.3 is 0 Å². The van der Waals surface area contributed by atoms with E-state index >= 15 is 0 Å². The second-order valence-corrected chi connectivity index (χ2v) is 5.53. The van der Waals surface area contributed by atoms with Crippen LogP contribution in [0.25, 0.3) is 0 Å². The van der Waals surface area contributed by atoms with Crippen molar-refractivity contribution in [2.45, 2.75) is 51.6 Å². The predicted octanol–water partition coefficient (Wildman–Crippen LogP) is 1.80. The standard InChI is InChI=1S/C13H23NO2/c1-10-9-14(7-6-12(10)15)13(16)8-11-4-2-3-5-11/h10-12,15H,2-9H2,1H3. The van der Waals surface area contributed by atoms with E-state index in [2.05, 4.69) is 0 Å². The molecule has 2 unspecified atom stereocenters. The van der Waals surface area contributed by atoms with Gasteiger partial charge in [-0.25, -0.2) is 0 Å². The largest absolute Gasteiger partial charge is 0.393 e. The van der Waals surface area contributed by atoms with Crippen molar-refractivity contribution in [1.29, 1.82) is 0 Å². The molecule has 0 aromatic carbocycles. The molecule has 2 aliphatic rings. The minimum absolute atomic E-state index is 0.212. The van der Waals surface area contributed by atoms with Gasteiger partial charge in [0.05, 0.1) is 6.10 Å². The van der Waals surface area contributed by atoms with E-state index in [1.807, 2.05) is 11.8 Å². The fraction of sp³-hybridized carbons (Fsp3) is 0.923. The van der Waals surface area contributed by atoms with Crippen LogP contribution in [0.15, 0.2) is 0 Å². The van der Waals surface area contributed by atoms with Gasteiger partial charge < -0.3 is 10.0 Å². The van der Waals surface area contributed by atoms with Crippen LogP contribution in [-0.4, -0.2) is 35.1 Å². The molecule has 2 fully saturated rings. The monoisotopic (exact) mass is 225 g/mol. The first kappa shape index (κ1) is 11.9. The summed E-state index contributed by atoms with van der Waals surface area (Å²) in [5.41, 5.74) is 0. The van der Waals surface area contributed by atoms with Crippen LogP contribution in [-0.2, 0) is 4.79 Å². The molecular formula is C13H23NO2. The van der Waals surface area contributed by atoms with Crippen LogP contribution >= 0.6 is 0 Å². The summed E-state index contributed by atoms with van der Waals surface area (Å²) in [6.45, 7) is 3.52. The van der Waals surface area contributed by atoms with Crippen molar-refractivity contribution in [2.75, 3.05) is 13.1 Å². The van der Waals surface area contributed by atoms with Gasteiger partial charge in [-0.3, -0.25) is 4.79 Å². The van der Waals surface area contributed by atoms with Crippen molar-refractivity contribution in [3.05, 3.63) is 0 Å². The smallest absolute Gasteiger partial charge is 0.222 e. The molecule has 2 rings (SSSR count). The summed E-state index contributed by atoms with van der Waals surface area (Å²) in [4.78, 5) is 14.0. The molecular weight excluding hydrogens is 202 g/mol. The summed E-state index contributed by atoms with van der Waals surface area (Å²) in [6.07, 6.45) is 6.34. The molecule has 0 aromatic rings. The van der Waals surface area contributed by atoms with E-state index in [4.69, 9.17) is 0 Å². The number of aliphatic hydroxyl groups excluding tert-OH is 1. The molecule has 0 bridgehead atoms. The number of rotatable bonds is 2. The van der Waals surface area contributed by atoms with Gasteiger partial charge in [-0.1, -0.05) is 19.8 Å². The molecule has 1 saturated carbocycles. The third-order valence-corrected chi connectivity index (χ3v) is 4.15. The average molecular weight is 225 g/mol. The zero-order chi connectivity index (χ0) is 11.5. The summed E-state index contributed by atoms with van der Waals surface area (Å²) >= 11 is 0. The molecule has 3 nitrogen and oxygen atoms in total. The molecule has 1 N–H and O–H groups in total. The molecule has 1 aliphatic carbocycles. The molecule has 1 aliphatic heterocycles. The van der Waals surface area contributed by atoms with E-state index < -0.39 is 0 Å². The van der Waals surface area contributed by atoms with E-state index in [1.54, 1.807) is 0 Å². The highest BCUT2D eigenvalue weighted by Gasteiger charge is 2.28. The molecule has 16 heavy (non-hydrogen) atoms. The van der Waals surface area contributed by atoms with Gasteiger partial charge in [-0.15, -0.1) is 0 Å². The fourth-order valence-electron chi connectivity index (χ4n) is 2.95. The van der Waals surface area contributed by atoms with Gasteiger partial charge in [-0.2, -0.15) is 0 Å². The van der Waals surface area contributed by atoms with Crippen molar-refractivity contribution >= 4 is 5.91 Å². The van der Waals surface area contributed by atoms with E-state index in [-0.39, 0.29) is 12.0 Å². The Hall–Kier alpha value is -0.570. The Morgan fingerprint density at radius 2 is 2.00 bits per heavy atom. The van der Waals surface area contributed by atoms with Gasteiger partial charge in [0.2, 0.25) is 5.91 Å². The summed E-state index contributed by atoms with van der Waals surface area (Å²) in [7, 11) is 0. The summed E-state index contributed by atoms with van der Waals surface area (Å²) in [6, 6.07) is 0. The van der Waals surface area contributed by atoms with Gasteiger partial charge in [0.1, 0.15) is 0 Å². The first-order chi connectivity index (χ1) is 7.66. The molecule has 1 saturated heterocycles. The number of hydrogen-bond donors (Lipinski definition) is 1. The van der Waals surface area contributed by atoms with Crippen molar-refractivity contribution in [3.63, 3.8) is 0 Å². The Bertz CT molecular complexity index is 248. The zero-order valence-electron chi connectivity index (χ0n) is 10.2. The average Bonchev–Trinajstić information content (AvgIpc) is 2.74. The molecule has 2 atom stereocenters. The highest BCUT2D eigenvalue weighted by molar-refractivity contribution is 5.76. The van der Waals surface area contributed by atoms with Crippen LogP contribution < -0.4 is 0 Å². The lowest BCUT2D eigenvalue weighted by molar-refractivity contribution is -0.135. The molecule has 1 heterocycles. The maximum atomic E-state index is 12.1. The normalized spacial score (nSPS) is 32.0. The predicted molar refractivity (Wildman–Crippen MR) is 62.9 cm³/mol. The molecule has 92 valence electrons. The van der Waals surface area contributed by atoms with Crippen LogP contribution in [0.3, 0.4) is 0 Å². The third-order valence-electron chi connectivity index (χ3n) is 4.15. The van der Waals surface area contributed by atoms with E-state index in [0.717, 1.165) is 25.9 Å². The van der Waals surface area contributed by atoms with Crippen LogP contribution in [0.5, 0.6) is 0 Å². The van der Waals surface area contributed by atoms with Crippen LogP contribution in [0.2, 0.25) is 0 Å². The van der Waals surface area contributed by atoms with Gasteiger partial charge in [0.25, 0.3) is 0 Å². The zero-order valence-corrected chi connectivity index (χ0v) is 10.2. The van der Waals surface area contributed by atoms with E-state index in [0.29, 0.717) is 11.8 Å². The molecule has 0 spiro atoms. The second kappa shape index (κ2) is 5.17. The number of piperidine rings is 1. The fourth-order valence-corrected chi connectivity index (χ4v) is 2.95. The molecule has 0 radical (unpaired) electrons. The maximum Gasteiger partial charge on any atom is 0.222 e. The molecule has 3 heteroatoms. The Kier molecular flexibility index (Phi) is 3.85. The Morgan fingerprint density at radius 3 is 2.62 bits per heavy atom. The number of aliphatic hydroxyl groups is 1. The van der Waals surface area contributed by atoms with Crippen molar-refractivity contribution in [1.82, 2.24) is 4.90 Å². The number of carbonyl (C=O) groups is 1. The lowest BCUT2D eigenvalue weighted by Crippen LogP contribution is -2.45. The number of nitrogens with zero attached hydrogens (tertiary/aromatic N) is 1. The van der Waals surface area contributed by atoms with Crippen molar-refractivity contribution in [2.24, 2.45) is 11.8 Å². The minimum Gasteiger partial charge on any atom is -0.393 e. The van der Waals surface area contributed by atoms with E-state index in [9.17, 15) is 9.90 Å². The van der Waals surface area contributed by atoms with Gasteiger partial charge in [-0.05, 0) is 31.1 Å². The number of likely N-dealkylation sites (tertiary alicyclic amines) is 1. The maximum absolute atomic E-state index is 12.1. The highest BCUT2D eigenvalue weighted by atomic mass is 16.3. The Morgan fingerprint density at radius 1 is 1.31 bits per heavy atom. The topological polar surface area (TPSA) is 40.5 Å². The Labute approximate surface area is 97.8 Å². The van der Waals surface area contributed by atoms with Crippen molar-refractivity contribution < 1.29 is 9.90 Å². The number of amides is 1. The first-order valence-corrected chi connectivity index (χ1v) is 6.62. The van der Waals surface area contributed by atoms with E-state index in [1.165, 1.54) is 25.7 Å². The number of hydrogen-bond acceptors (Lipinski definition) is 2. The summed E-state index contributed by atoms with van der Waals surface area (Å²) in [5.74, 6) is 1.18. The Balaban J connectivity index is 1.80. The lowest BCUT2D eigenvalue weighted by Gasteiger charge is -2.35. The molecule has 0 aromatic heterocycles.